The first-order chi connectivity index (χ1) is 7.27. The second-order valence-electron chi connectivity index (χ2n) is 4.12. The predicted molar refractivity (Wildman–Crippen MR) is 64.2 cm³/mol. The van der Waals surface area contributed by atoms with Crippen LogP contribution in [-0.2, 0) is 6.54 Å². The van der Waals surface area contributed by atoms with Crippen LogP contribution in [0, 0.1) is 0 Å². The van der Waals surface area contributed by atoms with Gasteiger partial charge < -0.3 is 5.32 Å². The molecule has 1 atom stereocenters. The summed E-state index contributed by atoms with van der Waals surface area (Å²) in [7, 11) is 0. The van der Waals surface area contributed by atoms with Gasteiger partial charge in [-0.05, 0) is 18.6 Å². The number of hydrogen-bond acceptors (Lipinski definition) is 2. The normalized spacial score (nSPS) is 22.9. The monoisotopic (exact) mass is 224 g/mol. The summed E-state index contributed by atoms with van der Waals surface area (Å²) in [5, 5.41) is 4.27. The Morgan fingerprint density at radius 2 is 2.27 bits per heavy atom. The molecule has 0 amide bonds. The number of rotatable bonds is 2. The molecule has 1 saturated heterocycles. The Labute approximate surface area is 96.2 Å². The minimum absolute atomic E-state index is 0.593. The maximum atomic E-state index is 6.15. The third kappa shape index (κ3) is 2.71. The molecule has 0 bridgehead atoms. The second kappa shape index (κ2) is 4.97. The van der Waals surface area contributed by atoms with Crippen molar-refractivity contribution in [1.82, 2.24) is 10.2 Å². The highest BCUT2D eigenvalue weighted by atomic mass is 35.5. The van der Waals surface area contributed by atoms with E-state index in [0.29, 0.717) is 6.04 Å². The minimum atomic E-state index is 0.593. The van der Waals surface area contributed by atoms with Gasteiger partial charge in [-0.2, -0.15) is 0 Å². The molecule has 1 heterocycles. The van der Waals surface area contributed by atoms with E-state index in [1.165, 1.54) is 5.56 Å². The van der Waals surface area contributed by atoms with Crippen LogP contribution < -0.4 is 5.32 Å². The molecule has 0 spiro atoms. The van der Waals surface area contributed by atoms with Crippen LogP contribution >= 0.6 is 11.6 Å². The van der Waals surface area contributed by atoms with Gasteiger partial charge in [-0.1, -0.05) is 29.8 Å². The van der Waals surface area contributed by atoms with Crippen LogP contribution in [0.25, 0.3) is 0 Å². The summed E-state index contributed by atoms with van der Waals surface area (Å²) in [5.74, 6) is 0. The average Bonchev–Trinajstić information content (AvgIpc) is 2.24. The standard InChI is InChI=1S/C12H17ClN2/c1-10-8-14-6-7-15(10)9-11-4-2-3-5-12(11)13/h2-5,10,14H,6-9H2,1H3. The molecule has 1 aliphatic rings. The quantitative estimate of drug-likeness (QED) is 0.828. The van der Waals surface area contributed by atoms with Gasteiger partial charge in [0.15, 0.2) is 0 Å². The molecule has 2 rings (SSSR count). The molecule has 1 fully saturated rings. The summed E-state index contributed by atoms with van der Waals surface area (Å²) in [4.78, 5) is 2.47. The Morgan fingerprint density at radius 3 is 3.00 bits per heavy atom. The van der Waals surface area contributed by atoms with Crippen molar-refractivity contribution in [2.24, 2.45) is 0 Å². The zero-order valence-corrected chi connectivity index (χ0v) is 9.80. The molecule has 1 aliphatic heterocycles. The van der Waals surface area contributed by atoms with Gasteiger partial charge in [-0.25, -0.2) is 0 Å². The van der Waals surface area contributed by atoms with Crippen molar-refractivity contribution in [3.05, 3.63) is 34.9 Å². The Morgan fingerprint density at radius 1 is 1.47 bits per heavy atom. The van der Waals surface area contributed by atoms with Crippen LogP contribution in [0.1, 0.15) is 12.5 Å². The first-order valence-electron chi connectivity index (χ1n) is 5.45. The lowest BCUT2D eigenvalue weighted by atomic mass is 10.1. The van der Waals surface area contributed by atoms with Crippen molar-refractivity contribution >= 4 is 11.6 Å². The molecular weight excluding hydrogens is 208 g/mol. The van der Waals surface area contributed by atoms with Crippen molar-refractivity contribution in [2.75, 3.05) is 19.6 Å². The molecule has 0 radical (unpaired) electrons. The van der Waals surface area contributed by atoms with Gasteiger partial charge in [0.2, 0.25) is 0 Å². The molecule has 3 heteroatoms. The van der Waals surface area contributed by atoms with E-state index in [0.717, 1.165) is 31.2 Å². The molecule has 2 nitrogen and oxygen atoms in total. The van der Waals surface area contributed by atoms with Crippen LogP contribution in [0.2, 0.25) is 5.02 Å². The molecule has 0 aliphatic carbocycles. The van der Waals surface area contributed by atoms with E-state index in [9.17, 15) is 0 Å². The van der Waals surface area contributed by atoms with Gasteiger partial charge >= 0.3 is 0 Å². The molecule has 0 saturated carbocycles. The first kappa shape index (κ1) is 10.9. The van der Waals surface area contributed by atoms with Gasteiger partial charge in [-0.15, -0.1) is 0 Å². The lowest BCUT2D eigenvalue weighted by molar-refractivity contribution is 0.165. The van der Waals surface area contributed by atoms with E-state index >= 15 is 0 Å². The molecular formula is C12H17ClN2. The SMILES string of the molecule is CC1CNCCN1Cc1ccccc1Cl. The third-order valence-corrected chi connectivity index (χ3v) is 3.34. The molecule has 15 heavy (non-hydrogen) atoms. The van der Waals surface area contributed by atoms with E-state index < -0.39 is 0 Å². The molecule has 1 aromatic rings. The van der Waals surface area contributed by atoms with Crippen LogP contribution in [0.15, 0.2) is 24.3 Å². The van der Waals surface area contributed by atoms with Gasteiger partial charge in [0.1, 0.15) is 0 Å². The van der Waals surface area contributed by atoms with Crippen LogP contribution in [-0.4, -0.2) is 30.6 Å². The predicted octanol–water partition coefficient (Wildman–Crippen LogP) is 2.13. The lowest BCUT2D eigenvalue weighted by Crippen LogP contribution is -2.49. The van der Waals surface area contributed by atoms with Crippen molar-refractivity contribution in [3.8, 4) is 0 Å². The fraction of sp³-hybridized carbons (Fsp3) is 0.500. The number of nitrogens with one attached hydrogen (secondary N) is 1. The Hall–Kier alpha value is -0.570. The summed E-state index contributed by atoms with van der Waals surface area (Å²) >= 11 is 6.15. The van der Waals surface area contributed by atoms with Gasteiger partial charge in [-0.3, -0.25) is 4.90 Å². The first-order valence-corrected chi connectivity index (χ1v) is 5.83. The summed E-state index contributed by atoms with van der Waals surface area (Å²) in [5.41, 5.74) is 1.23. The molecule has 82 valence electrons. The van der Waals surface area contributed by atoms with Gasteiger partial charge in [0.05, 0.1) is 0 Å². The van der Waals surface area contributed by atoms with Gasteiger partial charge in [0, 0.05) is 37.2 Å². The van der Waals surface area contributed by atoms with Crippen molar-refractivity contribution < 1.29 is 0 Å². The van der Waals surface area contributed by atoms with E-state index in [-0.39, 0.29) is 0 Å². The molecule has 1 N–H and O–H groups in total. The minimum Gasteiger partial charge on any atom is -0.314 e. The summed E-state index contributed by atoms with van der Waals surface area (Å²) in [6, 6.07) is 8.69. The lowest BCUT2D eigenvalue weighted by Gasteiger charge is -2.34. The van der Waals surface area contributed by atoms with E-state index in [2.05, 4.69) is 23.2 Å². The number of hydrogen-bond donors (Lipinski definition) is 1. The number of halogens is 1. The maximum absolute atomic E-state index is 6.15. The highest BCUT2D eigenvalue weighted by Gasteiger charge is 2.18. The molecule has 0 aromatic heterocycles. The Kier molecular flexibility index (Phi) is 3.62. The zero-order valence-electron chi connectivity index (χ0n) is 9.04. The molecule has 1 aromatic carbocycles. The van der Waals surface area contributed by atoms with Crippen molar-refractivity contribution in [1.29, 1.82) is 0 Å². The highest BCUT2D eigenvalue weighted by Crippen LogP contribution is 2.18. The fourth-order valence-corrected chi connectivity index (χ4v) is 2.16. The second-order valence-corrected chi connectivity index (χ2v) is 4.52. The number of piperazine rings is 1. The van der Waals surface area contributed by atoms with Crippen LogP contribution in [0.5, 0.6) is 0 Å². The number of nitrogens with zero attached hydrogens (tertiary/aromatic N) is 1. The fourth-order valence-electron chi connectivity index (χ4n) is 1.96. The maximum Gasteiger partial charge on any atom is 0.0451 e. The smallest absolute Gasteiger partial charge is 0.0451 e. The highest BCUT2D eigenvalue weighted by molar-refractivity contribution is 6.31. The summed E-state index contributed by atoms with van der Waals surface area (Å²) in [6.45, 7) is 6.47. The van der Waals surface area contributed by atoms with Crippen LogP contribution in [0.4, 0.5) is 0 Å². The Bertz CT molecular complexity index is 327. The van der Waals surface area contributed by atoms with E-state index in [1.54, 1.807) is 0 Å². The zero-order chi connectivity index (χ0) is 10.7. The van der Waals surface area contributed by atoms with E-state index in [1.807, 2.05) is 18.2 Å². The van der Waals surface area contributed by atoms with Crippen molar-refractivity contribution in [3.63, 3.8) is 0 Å². The number of benzene rings is 1. The molecule has 1 unspecified atom stereocenters. The summed E-state index contributed by atoms with van der Waals surface area (Å²) in [6.07, 6.45) is 0. The van der Waals surface area contributed by atoms with Crippen molar-refractivity contribution in [2.45, 2.75) is 19.5 Å². The third-order valence-electron chi connectivity index (χ3n) is 2.97. The van der Waals surface area contributed by atoms with Crippen LogP contribution in [0.3, 0.4) is 0 Å². The topological polar surface area (TPSA) is 15.3 Å². The average molecular weight is 225 g/mol. The summed E-state index contributed by atoms with van der Waals surface area (Å²) < 4.78 is 0. The largest absolute Gasteiger partial charge is 0.314 e. The van der Waals surface area contributed by atoms with Gasteiger partial charge in [0.25, 0.3) is 0 Å². The van der Waals surface area contributed by atoms with E-state index in [4.69, 9.17) is 11.6 Å². The Balaban J connectivity index is 2.04.